The molecule has 0 saturated carbocycles. The molecule has 0 spiro atoms. The van der Waals surface area contributed by atoms with Crippen molar-refractivity contribution in [3.05, 3.63) is 70.3 Å². The second-order valence-electron chi connectivity index (χ2n) is 7.26. The highest BCUT2D eigenvalue weighted by molar-refractivity contribution is 5.81. The molecule has 0 bridgehead atoms. The predicted octanol–water partition coefficient (Wildman–Crippen LogP) is 4.90. The van der Waals surface area contributed by atoms with Crippen LogP contribution in [0.15, 0.2) is 53.3 Å². The van der Waals surface area contributed by atoms with Gasteiger partial charge in [0.05, 0.1) is 10.9 Å². The summed E-state index contributed by atoms with van der Waals surface area (Å²) < 4.78 is 39.9. The van der Waals surface area contributed by atoms with Crippen LogP contribution >= 0.6 is 0 Å². The van der Waals surface area contributed by atoms with Gasteiger partial charge in [-0.2, -0.15) is 13.2 Å². The van der Waals surface area contributed by atoms with Gasteiger partial charge in [0.1, 0.15) is 12.4 Å². The van der Waals surface area contributed by atoms with Crippen molar-refractivity contribution >= 4 is 16.6 Å². The molecule has 1 heterocycles. The Morgan fingerprint density at radius 3 is 2.45 bits per heavy atom. The molecular weight excluding hydrogens is 379 g/mol. The Labute approximate surface area is 167 Å². The molecule has 0 saturated heterocycles. The van der Waals surface area contributed by atoms with Crippen molar-refractivity contribution in [3.8, 4) is 0 Å². The Kier molecular flexibility index (Phi) is 5.96. The molecule has 0 unspecified atom stereocenters. The summed E-state index contributed by atoms with van der Waals surface area (Å²) >= 11 is 0. The highest BCUT2D eigenvalue weighted by atomic mass is 19.4. The zero-order valence-electron chi connectivity index (χ0n) is 16.7. The number of alkyl halides is 3. The summed E-state index contributed by atoms with van der Waals surface area (Å²) in [5, 5.41) is 0.327. The third kappa shape index (κ3) is 4.78. The van der Waals surface area contributed by atoms with E-state index in [4.69, 9.17) is 0 Å². The molecule has 1 aromatic heterocycles. The van der Waals surface area contributed by atoms with Crippen LogP contribution in [-0.2, 0) is 6.42 Å². The molecule has 0 radical (unpaired) electrons. The lowest BCUT2D eigenvalue weighted by Crippen LogP contribution is -2.31. The van der Waals surface area contributed by atoms with E-state index in [1.54, 1.807) is 23.6 Å². The van der Waals surface area contributed by atoms with E-state index in [0.717, 1.165) is 16.9 Å². The zero-order valence-corrected chi connectivity index (χ0v) is 16.7. The van der Waals surface area contributed by atoms with E-state index in [0.29, 0.717) is 28.8 Å². The van der Waals surface area contributed by atoms with Crippen molar-refractivity contribution in [2.45, 2.75) is 38.9 Å². The Bertz CT molecular complexity index is 1040. The van der Waals surface area contributed by atoms with Gasteiger partial charge in [0.15, 0.2) is 0 Å². The minimum Gasteiger partial charge on any atom is -0.366 e. The van der Waals surface area contributed by atoms with Crippen molar-refractivity contribution in [3.63, 3.8) is 0 Å². The minimum atomic E-state index is -4.32. The third-order valence-electron chi connectivity index (χ3n) is 5.07. The number of benzene rings is 2. The van der Waals surface area contributed by atoms with Crippen LogP contribution in [0, 0.1) is 6.92 Å². The van der Waals surface area contributed by atoms with Gasteiger partial charge in [0.2, 0.25) is 0 Å². The van der Waals surface area contributed by atoms with Crippen LogP contribution in [0.5, 0.6) is 0 Å². The first-order valence-corrected chi connectivity index (χ1v) is 9.54. The van der Waals surface area contributed by atoms with E-state index >= 15 is 0 Å². The monoisotopic (exact) mass is 403 g/mol. The van der Waals surface area contributed by atoms with Crippen LogP contribution in [0.25, 0.3) is 10.9 Å². The zero-order chi connectivity index (χ0) is 21.2. The molecule has 0 amide bonds. The number of hydrogen-bond acceptors (Lipinski definition) is 3. The van der Waals surface area contributed by atoms with E-state index < -0.39 is 12.7 Å². The standard InChI is InChI=1S/C22H24F3N3O/c1-4-17(12-16-8-6-5-7-9-16)28-15(2)26-20-11-10-18(13-19(20)21(28)29)27(3)14-22(23,24)25/h5-11,13,17H,4,12,14H2,1-3H3/t17-/m1/s1. The van der Waals surface area contributed by atoms with Crippen molar-refractivity contribution in [2.24, 2.45) is 0 Å². The molecule has 3 aromatic rings. The number of aromatic nitrogens is 2. The lowest BCUT2D eigenvalue weighted by molar-refractivity contribution is -0.119. The van der Waals surface area contributed by atoms with Crippen LogP contribution in [0.4, 0.5) is 18.9 Å². The van der Waals surface area contributed by atoms with Gasteiger partial charge in [-0.3, -0.25) is 9.36 Å². The quantitative estimate of drug-likeness (QED) is 0.588. The molecule has 0 N–H and O–H groups in total. The molecule has 154 valence electrons. The van der Waals surface area contributed by atoms with Gasteiger partial charge in [0.25, 0.3) is 5.56 Å². The van der Waals surface area contributed by atoms with Gasteiger partial charge in [0, 0.05) is 18.8 Å². The van der Waals surface area contributed by atoms with Gasteiger partial charge in [-0.05, 0) is 43.5 Å². The second kappa shape index (κ2) is 8.27. The summed E-state index contributed by atoms with van der Waals surface area (Å²) in [7, 11) is 1.36. The summed E-state index contributed by atoms with van der Waals surface area (Å²) in [6.45, 7) is 2.72. The van der Waals surface area contributed by atoms with Gasteiger partial charge in [-0.15, -0.1) is 0 Å². The molecule has 0 aliphatic rings. The Balaban J connectivity index is 2.04. The molecule has 0 aliphatic carbocycles. The highest BCUT2D eigenvalue weighted by Gasteiger charge is 2.29. The van der Waals surface area contributed by atoms with E-state index in [2.05, 4.69) is 4.98 Å². The third-order valence-corrected chi connectivity index (χ3v) is 5.07. The summed E-state index contributed by atoms with van der Waals surface area (Å²) in [6.07, 6.45) is -2.91. The molecule has 29 heavy (non-hydrogen) atoms. The summed E-state index contributed by atoms with van der Waals surface area (Å²) in [6, 6.07) is 14.5. The van der Waals surface area contributed by atoms with Crippen molar-refractivity contribution in [1.82, 2.24) is 9.55 Å². The Morgan fingerprint density at radius 1 is 1.14 bits per heavy atom. The van der Waals surface area contributed by atoms with E-state index in [-0.39, 0.29) is 11.6 Å². The van der Waals surface area contributed by atoms with E-state index in [1.165, 1.54) is 13.1 Å². The van der Waals surface area contributed by atoms with E-state index in [9.17, 15) is 18.0 Å². The SMILES string of the molecule is CC[C@H](Cc1ccccc1)n1c(C)nc2ccc(N(C)CC(F)(F)F)cc2c1=O. The predicted molar refractivity (Wildman–Crippen MR) is 110 cm³/mol. The maximum absolute atomic E-state index is 13.3. The fraction of sp³-hybridized carbons (Fsp3) is 0.364. The number of anilines is 1. The average Bonchev–Trinajstić information content (AvgIpc) is 2.66. The van der Waals surface area contributed by atoms with Crippen LogP contribution in [0.2, 0.25) is 0 Å². The van der Waals surface area contributed by atoms with Crippen LogP contribution in [-0.4, -0.2) is 29.3 Å². The molecule has 2 aromatic carbocycles. The topological polar surface area (TPSA) is 38.1 Å². The van der Waals surface area contributed by atoms with Crippen LogP contribution < -0.4 is 10.5 Å². The molecule has 7 heteroatoms. The number of fused-ring (bicyclic) bond motifs is 1. The molecule has 0 aliphatic heterocycles. The smallest absolute Gasteiger partial charge is 0.366 e. The highest BCUT2D eigenvalue weighted by Crippen LogP contribution is 2.24. The molecule has 4 nitrogen and oxygen atoms in total. The lowest BCUT2D eigenvalue weighted by Gasteiger charge is -2.23. The number of nitrogens with zero attached hydrogens (tertiary/aromatic N) is 3. The van der Waals surface area contributed by atoms with Gasteiger partial charge < -0.3 is 4.90 Å². The van der Waals surface area contributed by atoms with Gasteiger partial charge in [-0.25, -0.2) is 4.98 Å². The fourth-order valence-electron chi connectivity index (χ4n) is 3.63. The number of rotatable bonds is 6. The van der Waals surface area contributed by atoms with Crippen molar-refractivity contribution < 1.29 is 13.2 Å². The second-order valence-corrected chi connectivity index (χ2v) is 7.26. The summed E-state index contributed by atoms with van der Waals surface area (Å²) in [4.78, 5) is 18.9. The van der Waals surface area contributed by atoms with Gasteiger partial charge >= 0.3 is 6.18 Å². The molecule has 1 atom stereocenters. The fourth-order valence-corrected chi connectivity index (χ4v) is 3.63. The molecule has 3 rings (SSSR count). The normalized spacial score (nSPS) is 12.9. The Morgan fingerprint density at radius 2 is 1.83 bits per heavy atom. The van der Waals surface area contributed by atoms with Crippen LogP contribution in [0.1, 0.15) is 30.8 Å². The Hall–Kier alpha value is -2.83. The maximum atomic E-state index is 13.3. The lowest BCUT2D eigenvalue weighted by atomic mass is 10.0. The van der Waals surface area contributed by atoms with Crippen molar-refractivity contribution in [1.29, 1.82) is 0 Å². The van der Waals surface area contributed by atoms with Crippen LogP contribution in [0.3, 0.4) is 0 Å². The maximum Gasteiger partial charge on any atom is 0.405 e. The average molecular weight is 403 g/mol. The first-order valence-electron chi connectivity index (χ1n) is 9.54. The molecule has 0 fully saturated rings. The first-order chi connectivity index (χ1) is 13.7. The number of halogens is 3. The summed E-state index contributed by atoms with van der Waals surface area (Å²) in [5.74, 6) is 0.599. The number of hydrogen-bond donors (Lipinski definition) is 0. The van der Waals surface area contributed by atoms with Crippen molar-refractivity contribution in [2.75, 3.05) is 18.5 Å². The number of aryl methyl sites for hydroxylation is 1. The molecular formula is C22H24F3N3O. The minimum absolute atomic E-state index is 0.0849. The van der Waals surface area contributed by atoms with Gasteiger partial charge in [-0.1, -0.05) is 37.3 Å². The van der Waals surface area contributed by atoms with E-state index in [1.807, 2.05) is 37.3 Å². The summed E-state index contributed by atoms with van der Waals surface area (Å²) in [5.41, 5.74) is 1.71. The largest absolute Gasteiger partial charge is 0.405 e. The first kappa shape index (κ1) is 20.9.